The minimum Gasteiger partial charge on any atom is -0.383 e. The molecule has 0 aliphatic heterocycles. The number of aromatic nitrogens is 2. The lowest BCUT2D eigenvalue weighted by Crippen LogP contribution is -2.07. The summed E-state index contributed by atoms with van der Waals surface area (Å²) in [6, 6.07) is 8.16. The fourth-order valence-corrected chi connectivity index (χ4v) is 2.33. The van der Waals surface area contributed by atoms with Crippen molar-refractivity contribution in [2.45, 2.75) is 26.7 Å². The summed E-state index contributed by atoms with van der Waals surface area (Å²) in [5.41, 5.74) is 9.13. The van der Waals surface area contributed by atoms with Crippen LogP contribution in [0.2, 0.25) is 0 Å². The number of nitrogen functional groups attached to an aromatic ring is 1. The minimum absolute atomic E-state index is 0.590. The zero-order valence-electron chi connectivity index (χ0n) is 10.6. The van der Waals surface area contributed by atoms with E-state index in [0.29, 0.717) is 12.2 Å². The van der Waals surface area contributed by atoms with Crippen molar-refractivity contribution in [1.82, 2.24) is 9.97 Å². The van der Waals surface area contributed by atoms with Crippen LogP contribution in [-0.4, -0.2) is 9.97 Å². The Morgan fingerprint density at radius 3 is 2.72 bits per heavy atom. The summed E-state index contributed by atoms with van der Waals surface area (Å²) in [7, 11) is 0. The van der Waals surface area contributed by atoms with Gasteiger partial charge in [-0.15, -0.1) is 0 Å². The van der Waals surface area contributed by atoms with Crippen molar-refractivity contribution < 1.29 is 0 Å². The van der Waals surface area contributed by atoms with Gasteiger partial charge in [0.15, 0.2) is 0 Å². The maximum Gasteiger partial charge on any atom is 0.135 e. The van der Waals surface area contributed by atoms with Crippen molar-refractivity contribution in [1.29, 1.82) is 0 Å². The molecule has 2 rings (SSSR count). The summed E-state index contributed by atoms with van der Waals surface area (Å²) >= 11 is 3.46. The molecule has 0 saturated heterocycles. The van der Waals surface area contributed by atoms with Crippen LogP contribution in [0.3, 0.4) is 0 Å². The molecule has 2 aromatic rings. The van der Waals surface area contributed by atoms with Gasteiger partial charge in [-0.3, -0.25) is 0 Å². The second-order valence-electron chi connectivity index (χ2n) is 4.26. The van der Waals surface area contributed by atoms with Gasteiger partial charge in [0.1, 0.15) is 11.6 Å². The van der Waals surface area contributed by atoms with E-state index < -0.39 is 0 Å². The summed E-state index contributed by atoms with van der Waals surface area (Å²) in [6.07, 6.45) is 1.58. The Labute approximate surface area is 116 Å². The van der Waals surface area contributed by atoms with Gasteiger partial charge in [0.25, 0.3) is 0 Å². The van der Waals surface area contributed by atoms with Crippen molar-refractivity contribution >= 4 is 21.7 Å². The van der Waals surface area contributed by atoms with Gasteiger partial charge in [0.2, 0.25) is 0 Å². The Balaban J connectivity index is 2.32. The number of anilines is 1. The summed E-state index contributed by atoms with van der Waals surface area (Å²) < 4.78 is 1.07. The Morgan fingerprint density at radius 2 is 2.06 bits per heavy atom. The first-order chi connectivity index (χ1) is 8.60. The van der Waals surface area contributed by atoms with Crippen LogP contribution in [0.4, 0.5) is 5.82 Å². The Kier molecular flexibility index (Phi) is 3.97. The summed E-state index contributed by atoms with van der Waals surface area (Å²) in [5.74, 6) is 1.37. The third-order valence-electron chi connectivity index (χ3n) is 2.92. The van der Waals surface area contributed by atoms with Gasteiger partial charge in [0, 0.05) is 22.2 Å². The van der Waals surface area contributed by atoms with E-state index in [1.54, 1.807) is 0 Å². The molecule has 3 nitrogen and oxygen atoms in total. The van der Waals surface area contributed by atoms with Crippen molar-refractivity contribution in [3.05, 3.63) is 51.4 Å². The lowest BCUT2D eigenvalue weighted by Gasteiger charge is -2.08. The number of benzene rings is 1. The van der Waals surface area contributed by atoms with Crippen LogP contribution in [0.25, 0.3) is 0 Å². The van der Waals surface area contributed by atoms with Gasteiger partial charge in [-0.2, -0.15) is 0 Å². The first-order valence-electron chi connectivity index (χ1n) is 5.96. The molecule has 1 aromatic heterocycles. The molecule has 0 aliphatic carbocycles. The molecule has 0 bridgehead atoms. The molecular formula is C14H16BrN3. The topological polar surface area (TPSA) is 51.8 Å². The SMILES string of the molecule is CCc1nc(Cc2cccc(Br)c2)nc(N)c1C. The minimum atomic E-state index is 0.590. The highest BCUT2D eigenvalue weighted by Crippen LogP contribution is 2.17. The summed E-state index contributed by atoms with van der Waals surface area (Å²) in [6.45, 7) is 4.05. The fourth-order valence-electron chi connectivity index (χ4n) is 1.89. The second-order valence-corrected chi connectivity index (χ2v) is 5.17. The zero-order valence-corrected chi connectivity index (χ0v) is 12.2. The average molecular weight is 306 g/mol. The van der Waals surface area contributed by atoms with E-state index in [4.69, 9.17) is 5.73 Å². The van der Waals surface area contributed by atoms with Crippen LogP contribution in [0.1, 0.15) is 29.6 Å². The van der Waals surface area contributed by atoms with E-state index in [9.17, 15) is 0 Å². The Hall–Kier alpha value is -1.42. The molecular weight excluding hydrogens is 290 g/mol. The summed E-state index contributed by atoms with van der Waals surface area (Å²) in [4.78, 5) is 8.93. The van der Waals surface area contributed by atoms with E-state index in [-0.39, 0.29) is 0 Å². The number of nitrogens with two attached hydrogens (primary N) is 1. The van der Waals surface area contributed by atoms with Crippen LogP contribution >= 0.6 is 15.9 Å². The zero-order chi connectivity index (χ0) is 13.1. The molecule has 18 heavy (non-hydrogen) atoms. The molecule has 0 aliphatic rings. The van der Waals surface area contributed by atoms with Crippen molar-refractivity contribution in [3.8, 4) is 0 Å². The molecule has 94 valence electrons. The standard InChI is InChI=1S/C14H16BrN3/c1-3-12-9(2)14(16)18-13(17-12)8-10-5-4-6-11(15)7-10/h4-7H,3,8H2,1-2H3,(H2,16,17,18). The predicted molar refractivity (Wildman–Crippen MR) is 77.5 cm³/mol. The van der Waals surface area contributed by atoms with Gasteiger partial charge in [-0.05, 0) is 31.0 Å². The second kappa shape index (κ2) is 5.48. The average Bonchev–Trinajstić information content (AvgIpc) is 2.33. The number of hydrogen-bond donors (Lipinski definition) is 1. The molecule has 0 unspecified atom stereocenters. The highest BCUT2D eigenvalue weighted by molar-refractivity contribution is 9.10. The number of rotatable bonds is 3. The quantitative estimate of drug-likeness (QED) is 0.946. The van der Waals surface area contributed by atoms with E-state index in [0.717, 1.165) is 28.0 Å². The van der Waals surface area contributed by atoms with Gasteiger partial charge in [0.05, 0.1) is 0 Å². The van der Waals surface area contributed by atoms with Gasteiger partial charge < -0.3 is 5.73 Å². The lowest BCUT2D eigenvalue weighted by molar-refractivity contribution is 0.894. The molecule has 1 heterocycles. The fraction of sp³-hybridized carbons (Fsp3) is 0.286. The third kappa shape index (κ3) is 2.88. The maximum atomic E-state index is 5.92. The highest BCUT2D eigenvalue weighted by atomic mass is 79.9. The molecule has 0 saturated carbocycles. The van der Waals surface area contributed by atoms with Crippen LogP contribution in [0.15, 0.2) is 28.7 Å². The normalized spacial score (nSPS) is 10.6. The van der Waals surface area contributed by atoms with Crippen LogP contribution in [0, 0.1) is 6.92 Å². The molecule has 0 radical (unpaired) electrons. The first kappa shape index (κ1) is 13.0. The Morgan fingerprint density at radius 1 is 1.28 bits per heavy atom. The highest BCUT2D eigenvalue weighted by Gasteiger charge is 2.08. The molecule has 4 heteroatoms. The lowest BCUT2D eigenvalue weighted by atomic mass is 10.1. The first-order valence-corrected chi connectivity index (χ1v) is 6.75. The maximum absolute atomic E-state index is 5.92. The van der Waals surface area contributed by atoms with Crippen molar-refractivity contribution in [2.75, 3.05) is 5.73 Å². The van der Waals surface area contributed by atoms with Crippen molar-refractivity contribution in [3.63, 3.8) is 0 Å². The molecule has 2 N–H and O–H groups in total. The predicted octanol–water partition coefficient (Wildman–Crippen LogP) is 3.28. The van der Waals surface area contributed by atoms with E-state index in [2.05, 4.69) is 45.0 Å². The number of aryl methyl sites for hydroxylation is 1. The van der Waals surface area contributed by atoms with Crippen LogP contribution in [0.5, 0.6) is 0 Å². The van der Waals surface area contributed by atoms with Gasteiger partial charge in [-0.1, -0.05) is 35.0 Å². The van der Waals surface area contributed by atoms with Gasteiger partial charge >= 0.3 is 0 Å². The molecule has 1 aromatic carbocycles. The van der Waals surface area contributed by atoms with E-state index in [1.165, 1.54) is 5.56 Å². The molecule has 0 fully saturated rings. The number of nitrogens with zero attached hydrogens (tertiary/aromatic N) is 2. The van der Waals surface area contributed by atoms with Crippen molar-refractivity contribution in [2.24, 2.45) is 0 Å². The number of hydrogen-bond acceptors (Lipinski definition) is 3. The Bertz CT molecular complexity index is 567. The molecule has 0 atom stereocenters. The van der Waals surface area contributed by atoms with Crippen LogP contribution < -0.4 is 5.73 Å². The molecule has 0 spiro atoms. The molecule has 0 amide bonds. The van der Waals surface area contributed by atoms with Gasteiger partial charge in [-0.25, -0.2) is 9.97 Å². The third-order valence-corrected chi connectivity index (χ3v) is 3.41. The number of halogens is 1. The monoisotopic (exact) mass is 305 g/mol. The summed E-state index contributed by atoms with van der Waals surface area (Å²) in [5, 5.41) is 0. The largest absolute Gasteiger partial charge is 0.383 e. The van der Waals surface area contributed by atoms with E-state index >= 15 is 0 Å². The van der Waals surface area contributed by atoms with Crippen LogP contribution in [-0.2, 0) is 12.8 Å². The van der Waals surface area contributed by atoms with E-state index in [1.807, 2.05) is 19.1 Å². The smallest absolute Gasteiger partial charge is 0.135 e.